The lowest BCUT2D eigenvalue weighted by atomic mass is 10.0. The van der Waals surface area contributed by atoms with Gasteiger partial charge in [0, 0.05) is 52.0 Å². The number of halogens is 2. The van der Waals surface area contributed by atoms with E-state index in [2.05, 4.69) is 122 Å². The van der Waals surface area contributed by atoms with Gasteiger partial charge in [-0.15, -0.1) is 20.5 Å². The van der Waals surface area contributed by atoms with Crippen LogP contribution in [0.2, 0.25) is 0 Å². The predicted molar refractivity (Wildman–Crippen MR) is 123 cm³/mol. The van der Waals surface area contributed by atoms with Gasteiger partial charge in [0.05, 0.1) is 0 Å². The molecule has 0 fully saturated rings. The molecule has 0 saturated heterocycles. The normalized spacial score (nSPS) is 11.2. The van der Waals surface area contributed by atoms with E-state index >= 15 is 0 Å². The van der Waals surface area contributed by atoms with Crippen LogP contribution in [0.5, 0.6) is 0 Å². The highest BCUT2D eigenvalue weighted by atomic mass is 35.7. The van der Waals surface area contributed by atoms with Crippen molar-refractivity contribution in [1.29, 1.82) is 0 Å². The van der Waals surface area contributed by atoms with Gasteiger partial charge in [0.1, 0.15) is 0 Å². The summed E-state index contributed by atoms with van der Waals surface area (Å²) in [6, 6.07) is 30.4. The molecule has 214 valence electrons. The molecule has 4 rings (SSSR count). The quantitative estimate of drug-likeness (QED) is 0.209. The van der Waals surface area contributed by atoms with Crippen LogP contribution in [0, 0.1) is 48.2 Å². The van der Waals surface area contributed by atoms with Crippen LogP contribution in [-0.2, 0) is 13.1 Å². The van der Waals surface area contributed by atoms with Crippen molar-refractivity contribution in [1.82, 2.24) is 0 Å². The van der Waals surface area contributed by atoms with Gasteiger partial charge >= 0.3 is 0 Å². The summed E-state index contributed by atoms with van der Waals surface area (Å²) in [6.07, 6.45) is 0. The van der Waals surface area contributed by atoms with Gasteiger partial charge in [-0.3, -0.25) is 0 Å². The summed E-state index contributed by atoms with van der Waals surface area (Å²) in [5, 5.41) is 0. The molecule has 0 N–H and O–H groups in total. The van der Waals surface area contributed by atoms with Crippen LogP contribution in [0.15, 0.2) is 84.9 Å². The monoisotopic (exact) mass is 592 g/mol. The Hall–Kier alpha value is -3.00. The lowest BCUT2D eigenvalue weighted by Crippen LogP contribution is -2.68. The molecule has 0 amide bonds. The Kier molecular flexibility index (Phi) is 12.1. The Morgan fingerprint density at radius 3 is 0.875 bits per heavy atom. The molecule has 10 nitrogen and oxygen atoms in total. The number of hydrogen-bond donors (Lipinski definition) is 0. The lowest BCUT2D eigenvalue weighted by molar-refractivity contribution is -2.00. The molecule has 40 heavy (non-hydrogen) atoms. The first-order chi connectivity index (χ1) is 18.5. The molecule has 0 spiro atoms. The molecule has 0 bridgehead atoms. The van der Waals surface area contributed by atoms with Crippen LogP contribution < -0.4 is 46.4 Å². The fourth-order valence-corrected chi connectivity index (χ4v) is 4.35. The molecule has 0 unspecified atom stereocenters. The van der Waals surface area contributed by atoms with Crippen LogP contribution in [0.25, 0.3) is 22.3 Å². The molecule has 0 aliphatic carbocycles. The second-order valence-corrected chi connectivity index (χ2v) is 10.4. The molecule has 2 aromatic heterocycles. The van der Waals surface area contributed by atoms with E-state index in [4.69, 9.17) is 37.3 Å². The average Bonchev–Trinajstić information content (AvgIpc) is 2.83. The molecule has 0 atom stereocenters. The van der Waals surface area contributed by atoms with Gasteiger partial charge in [-0.25, -0.2) is 37.3 Å². The molecule has 2 aromatic carbocycles. The van der Waals surface area contributed by atoms with E-state index in [1.807, 2.05) is 0 Å². The highest BCUT2D eigenvalue weighted by Gasteiger charge is 2.19. The number of pyridine rings is 2. The Labute approximate surface area is 237 Å². The Morgan fingerprint density at radius 2 is 0.650 bits per heavy atom. The first kappa shape index (κ1) is 33.2. The second kappa shape index (κ2) is 14.6. The third-order valence-electron chi connectivity index (χ3n) is 5.92. The summed E-state index contributed by atoms with van der Waals surface area (Å²) in [5.41, 5.74) is 10.3. The van der Waals surface area contributed by atoms with Crippen molar-refractivity contribution >= 4 is 0 Å². The van der Waals surface area contributed by atoms with Crippen molar-refractivity contribution in [2.75, 3.05) is 0 Å². The number of hydrogen-bond acceptors (Lipinski definition) is 8. The summed E-state index contributed by atoms with van der Waals surface area (Å²) in [7, 11) is -9.89. The van der Waals surface area contributed by atoms with Gasteiger partial charge in [-0.1, -0.05) is 60.7 Å². The van der Waals surface area contributed by atoms with Gasteiger partial charge in [-0.05, 0) is 22.3 Å². The van der Waals surface area contributed by atoms with E-state index in [0.29, 0.717) is 0 Å². The van der Waals surface area contributed by atoms with Crippen molar-refractivity contribution in [2.45, 2.75) is 40.8 Å². The van der Waals surface area contributed by atoms with Gasteiger partial charge in [0.15, 0.2) is 22.8 Å². The summed E-state index contributed by atoms with van der Waals surface area (Å²) < 4.78 is 72.8. The SMILES string of the molecule is Cc1cc(-c2ccccc2)cc(C)[n+]1CC[n+]1c(C)cc(-c2ccccc2)cc1C.[O-][Cl+3]([O-])([O-])[O-].[O-][Cl+3]([O-])([O-])[O-]. The first-order valence-electron chi connectivity index (χ1n) is 11.9. The molecule has 0 aliphatic heterocycles. The van der Waals surface area contributed by atoms with E-state index in [1.165, 1.54) is 45.0 Å². The maximum absolute atomic E-state index is 8.49. The van der Waals surface area contributed by atoms with Gasteiger partial charge < -0.3 is 0 Å². The van der Waals surface area contributed by atoms with Gasteiger partial charge in [-0.2, -0.15) is 9.13 Å². The van der Waals surface area contributed by atoms with Crippen molar-refractivity contribution in [3.05, 3.63) is 108 Å². The fraction of sp³-hybridized carbons (Fsp3) is 0.214. The van der Waals surface area contributed by atoms with Crippen molar-refractivity contribution < 1.29 is 66.9 Å². The molecular weight excluding hydrogens is 563 g/mol. The highest BCUT2D eigenvalue weighted by Crippen LogP contribution is 2.21. The van der Waals surface area contributed by atoms with E-state index in [-0.39, 0.29) is 0 Å². The minimum absolute atomic E-state index is 0.962. The largest absolute Gasteiger partial charge is 0.222 e. The highest BCUT2D eigenvalue weighted by molar-refractivity contribution is 5.64. The van der Waals surface area contributed by atoms with E-state index in [0.717, 1.165) is 13.1 Å². The zero-order chi connectivity index (χ0) is 30.1. The number of rotatable bonds is 5. The Balaban J connectivity index is 0.000000482. The van der Waals surface area contributed by atoms with Crippen molar-refractivity contribution in [3.63, 3.8) is 0 Å². The standard InChI is InChI=1S/C28H30N2.2ClHO4/c1-21-17-27(25-11-7-5-8-12-25)18-22(2)29(21)15-16-30-23(3)19-28(20-24(30)4)26-13-9-6-10-14-26;2*2-1(3,4)5/h5-14,17-20H,15-16H2,1-4H3;2*(H,2,3,4,5)/q+2;;/p-2. The molecule has 0 aliphatic rings. The molecule has 0 saturated carbocycles. The van der Waals surface area contributed by atoms with Crippen LogP contribution >= 0.6 is 0 Å². The topological polar surface area (TPSA) is 192 Å². The average molecular weight is 593 g/mol. The van der Waals surface area contributed by atoms with Crippen LogP contribution in [0.4, 0.5) is 0 Å². The van der Waals surface area contributed by atoms with Crippen LogP contribution in [0.1, 0.15) is 22.8 Å². The number of benzene rings is 2. The van der Waals surface area contributed by atoms with Gasteiger partial charge in [0.25, 0.3) is 0 Å². The molecule has 0 radical (unpaired) electrons. The maximum Gasteiger partial charge on any atom is 0.207 e. The Morgan fingerprint density at radius 1 is 0.425 bits per heavy atom. The summed E-state index contributed by atoms with van der Waals surface area (Å²) in [6.45, 7) is 10.8. The first-order valence-corrected chi connectivity index (χ1v) is 14.4. The van der Waals surface area contributed by atoms with Crippen LogP contribution in [-0.4, -0.2) is 0 Å². The minimum atomic E-state index is -4.94. The minimum Gasteiger partial charge on any atom is -0.222 e. The van der Waals surface area contributed by atoms with E-state index in [9.17, 15) is 0 Å². The molecular formula is C28H30Cl2N2O8. The summed E-state index contributed by atoms with van der Waals surface area (Å²) in [5.74, 6) is 0. The van der Waals surface area contributed by atoms with Crippen molar-refractivity contribution in [3.8, 4) is 22.3 Å². The smallest absolute Gasteiger partial charge is 0.207 e. The Bertz CT molecular complexity index is 1210. The fourth-order valence-electron chi connectivity index (χ4n) is 4.35. The van der Waals surface area contributed by atoms with E-state index < -0.39 is 20.5 Å². The van der Waals surface area contributed by atoms with Crippen LogP contribution in [0.3, 0.4) is 0 Å². The molecule has 2 heterocycles. The lowest BCUT2D eigenvalue weighted by Gasteiger charge is -2.17. The third kappa shape index (κ3) is 12.0. The maximum atomic E-state index is 8.49. The molecule has 12 heteroatoms. The van der Waals surface area contributed by atoms with E-state index in [1.54, 1.807) is 0 Å². The third-order valence-corrected chi connectivity index (χ3v) is 5.92. The van der Waals surface area contributed by atoms with Gasteiger partial charge in [0.2, 0.25) is 13.1 Å². The number of nitrogens with zero attached hydrogens (tertiary/aromatic N) is 2. The predicted octanol–water partition coefficient (Wildman–Crippen LogP) is -3.98. The zero-order valence-corrected chi connectivity index (χ0v) is 23.9. The van der Waals surface area contributed by atoms with Crippen molar-refractivity contribution in [2.24, 2.45) is 0 Å². The number of aryl methyl sites for hydroxylation is 4. The zero-order valence-electron chi connectivity index (χ0n) is 22.4. The second-order valence-electron chi connectivity index (χ2n) is 8.84. The number of aromatic nitrogens is 2. The summed E-state index contributed by atoms with van der Waals surface area (Å²) >= 11 is 0. The molecule has 4 aromatic rings. The summed E-state index contributed by atoms with van der Waals surface area (Å²) in [4.78, 5) is 0.